The third-order valence-electron chi connectivity index (χ3n) is 5.04. The number of amides is 2. The van der Waals surface area contributed by atoms with Gasteiger partial charge in [-0.1, -0.05) is 29.2 Å². The van der Waals surface area contributed by atoms with Crippen LogP contribution in [0.3, 0.4) is 0 Å². The monoisotopic (exact) mass is 482 g/mol. The molecule has 0 atom stereocenters. The molecule has 0 aliphatic carbocycles. The minimum absolute atomic E-state index is 0.0848. The van der Waals surface area contributed by atoms with E-state index in [1.165, 1.54) is 55.0 Å². The van der Waals surface area contributed by atoms with Crippen LogP contribution in [0.25, 0.3) is 0 Å². The molecule has 2 aromatic carbocycles. The normalized spacial score (nSPS) is 13.4. The van der Waals surface area contributed by atoms with Crippen molar-refractivity contribution in [1.82, 2.24) is 10.2 Å². The molecule has 0 radical (unpaired) electrons. The van der Waals surface area contributed by atoms with Crippen molar-refractivity contribution >= 4 is 62.8 Å². The standard InChI is InChI=1S/C23H26N6O2S2/c1-16(30)24-18-6-5-7-19(14-18)26-22-27-28-23(33-22)32-15-21(31)25-17-8-10-20(11-9-17)29-12-3-2-4-13-29/h5-11,14H,2-4,12-13,15H2,1H3,(H,24,30)(H,25,31)(H,26,27). The molecule has 1 aliphatic heterocycles. The van der Waals surface area contributed by atoms with E-state index in [9.17, 15) is 9.59 Å². The Morgan fingerprint density at radius 3 is 2.48 bits per heavy atom. The molecule has 1 fully saturated rings. The van der Waals surface area contributed by atoms with E-state index >= 15 is 0 Å². The molecule has 1 saturated heterocycles. The number of nitrogens with one attached hydrogen (secondary N) is 3. The fraction of sp³-hybridized carbons (Fsp3) is 0.304. The van der Waals surface area contributed by atoms with Crippen LogP contribution in [0.5, 0.6) is 0 Å². The molecule has 4 rings (SSSR count). The first-order chi connectivity index (χ1) is 16.0. The predicted molar refractivity (Wildman–Crippen MR) is 136 cm³/mol. The van der Waals surface area contributed by atoms with Gasteiger partial charge in [0.05, 0.1) is 5.75 Å². The van der Waals surface area contributed by atoms with E-state index in [0.29, 0.717) is 15.2 Å². The maximum atomic E-state index is 12.4. The molecule has 0 unspecified atom stereocenters. The van der Waals surface area contributed by atoms with Gasteiger partial charge in [-0.3, -0.25) is 9.59 Å². The highest BCUT2D eigenvalue weighted by Crippen LogP contribution is 2.29. The fourth-order valence-electron chi connectivity index (χ4n) is 3.55. The molecule has 0 bridgehead atoms. The number of piperidine rings is 1. The van der Waals surface area contributed by atoms with E-state index in [0.717, 1.165) is 24.5 Å². The maximum Gasteiger partial charge on any atom is 0.234 e. The van der Waals surface area contributed by atoms with Crippen LogP contribution in [-0.4, -0.2) is 40.9 Å². The molecule has 172 valence electrons. The second kappa shape index (κ2) is 11.2. The first-order valence-electron chi connectivity index (χ1n) is 10.8. The molecular weight excluding hydrogens is 456 g/mol. The molecule has 8 nitrogen and oxygen atoms in total. The molecule has 0 saturated carbocycles. The molecule has 1 aromatic heterocycles. The second-order valence-electron chi connectivity index (χ2n) is 7.69. The summed E-state index contributed by atoms with van der Waals surface area (Å²) in [6.07, 6.45) is 3.78. The lowest BCUT2D eigenvalue weighted by atomic mass is 10.1. The summed E-state index contributed by atoms with van der Waals surface area (Å²) in [5.41, 5.74) is 3.49. The first kappa shape index (κ1) is 23.1. The number of anilines is 5. The molecule has 3 aromatic rings. The third-order valence-corrected chi connectivity index (χ3v) is 7.01. The van der Waals surface area contributed by atoms with Crippen molar-refractivity contribution in [2.75, 3.05) is 39.7 Å². The van der Waals surface area contributed by atoms with Gasteiger partial charge in [0.15, 0.2) is 4.34 Å². The van der Waals surface area contributed by atoms with E-state index in [2.05, 4.69) is 43.2 Å². The summed E-state index contributed by atoms with van der Waals surface area (Å²) in [5, 5.41) is 17.7. The predicted octanol–water partition coefficient (Wildman–Crippen LogP) is 4.96. The summed E-state index contributed by atoms with van der Waals surface area (Å²) in [5.74, 6) is 0.0389. The highest BCUT2D eigenvalue weighted by atomic mass is 32.2. The zero-order valence-electron chi connectivity index (χ0n) is 18.3. The van der Waals surface area contributed by atoms with E-state index in [1.807, 2.05) is 36.4 Å². The van der Waals surface area contributed by atoms with Crippen LogP contribution in [0, 0.1) is 0 Å². The zero-order chi connectivity index (χ0) is 23.0. The smallest absolute Gasteiger partial charge is 0.234 e. The highest BCUT2D eigenvalue weighted by molar-refractivity contribution is 8.01. The van der Waals surface area contributed by atoms with Gasteiger partial charge in [-0.25, -0.2) is 0 Å². The number of nitrogens with zero attached hydrogens (tertiary/aromatic N) is 3. The van der Waals surface area contributed by atoms with Crippen molar-refractivity contribution in [2.24, 2.45) is 0 Å². The number of aromatic nitrogens is 2. The van der Waals surface area contributed by atoms with Gasteiger partial charge in [-0.05, 0) is 61.7 Å². The van der Waals surface area contributed by atoms with Crippen LogP contribution in [0.15, 0.2) is 52.9 Å². The van der Waals surface area contributed by atoms with E-state index in [1.54, 1.807) is 0 Å². The van der Waals surface area contributed by atoms with Crippen LogP contribution in [0.2, 0.25) is 0 Å². The molecule has 2 amide bonds. The number of carbonyl (C=O) groups excluding carboxylic acids is 2. The van der Waals surface area contributed by atoms with Gasteiger partial charge in [0, 0.05) is 42.8 Å². The number of carbonyl (C=O) groups is 2. The van der Waals surface area contributed by atoms with Gasteiger partial charge in [-0.15, -0.1) is 10.2 Å². The van der Waals surface area contributed by atoms with Gasteiger partial charge in [-0.2, -0.15) is 0 Å². The minimum atomic E-state index is -0.127. The van der Waals surface area contributed by atoms with Crippen molar-refractivity contribution in [2.45, 2.75) is 30.5 Å². The maximum absolute atomic E-state index is 12.4. The Morgan fingerprint density at radius 2 is 1.73 bits per heavy atom. The third kappa shape index (κ3) is 6.93. The Morgan fingerprint density at radius 1 is 0.970 bits per heavy atom. The quantitative estimate of drug-likeness (QED) is 0.390. The summed E-state index contributed by atoms with van der Waals surface area (Å²) >= 11 is 2.71. The Labute approximate surface area is 201 Å². The van der Waals surface area contributed by atoms with E-state index in [4.69, 9.17) is 0 Å². The van der Waals surface area contributed by atoms with Crippen LogP contribution >= 0.6 is 23.1 Å². The second-order valence-corrected chi connectivity index (χ2v) is 9.89. The zero-order valence-corrected chi connectivity index (χ0v) is 20.0. The number of thioether (sulfide) groups is 1. The Hall–Kier alpha value is -3.11. The first-order valence-corrected chi connectivity index (χ1v) is 12.6. The fourth-order valence-corrected chi connectivity index (χ4v) is 5.12. The van der Waals surface area contributed by atoms with Crippen molar-refractivity contribution in [3.63, 3.8) is 0 Å². The number of rotatable bonds is 8. The SMILES string of the molecule is CC(=O)Nc1cccc(Nc2nnc(SCC(=O)Nc3ccc(N4CCCCC4)cc3)s2)c1. The Bertz CT molecular complexity index is 1100. The average Bonchev–Trinajstić information content (AvgIpc) is 3.26. The summed E-state index contributed by atoms with van der Waals surface area (Å²) in [6.45, 7) is 3.67. The van der Waals surface area contributed by atoms with Gasteiger partial charge < -0.3 is 20.9 Å². The summed E-state index contributed by atoms with van der Waals surface area (Å²) in [7, 11) is 0. The van der Waals surface area contributed by atoms with Crippen LogP contribution in [0.1, 0.15) is 26.2 Å². The molecule has 3 N–H and O–H groups in total. The summed E-state index contributed by atoms with van der Waals surface area (Å²) < 4.78 is 0.700. The molecule has 10 heteroatoms. The molecule has 2 heterocycles. The van der Waals surface area contributed by atoms with Gasteiger partial charge >= 0.3 is 0 Å². The topological polar surface area (TPSA) is 99.2 Å². The molecule has 33 heavy (non-hydrogen) atoms. The number of hydrogen-bond acceptors (Lipinski definition) is 8. The Balaban J connectivity index is 1.25. The van der Waals surface area contributed by atoms with E-state index < -0.39 is 0 Å². The minimum Gasteiger partial charge on any atom is -0.372 e. The van der Waals surface area contributed by atoms with Crippen molar-refractivity contribution in [1.29, 1.82) is 0 Å². The number of hydrogen-bond donors (Lipinski definition) is 3. The van der Waals surface area contributed by atoms with Gasteiger partial charge in [0.25, 0.3) is 0 Å². The lowest BCUT2D eigenvalue weighted by Gasteiger charge is -2.28. The molecule has 1 aliphatic rings. The van der Waals surface area contributed by atoms with Crippen LogP contribution in [0.4, 0.5) is 27.9 Å². The van der Waals surface area contributed by atoms with Crippen molar-refractivity contribution in [3.05, 3.63) is 48.5 Å². The average molecular weight is 483 g/mol. The van der Waals surface area contributed by atoms with Crippen LogP contribution in [-0.2, 0) is 9.59 Å². The lowest BCUT2D eigenvalue weighted by Crippen LogP contribution is -2.29. The van der Waals surface area contributed by atoms with Crippen molar-refractivity contribution < 1.29 is 9.59 Å². The number of benzene rings is 2. The summed E-state index contributed by atoms with van der Waals surface area (Å²) in [4.78, 5) is 26.0. The largest absolute Gasteiger partial charge is 0.372 e. The molecular formula is C23H26N6O2S2. The van der Waals surface area contributed by atoms with Gasteiger partial charge in [0.1, 0.15) is 0 Å². The van der Waals surface area contributed by atoms with Crippen molar-refractivity contribution in [3.8, 4) is 0 Å². The van der Waals surface area contributed by atoms with Crippen LogP contribution < -0.4 is 20.9 Å². The van der Waals surface area contributed by atoms with Gasteiger partial charge in [0.2, 0.25) is 16.9 Å². The highest BCUT2D eigenvalue weighted by Gasteiger charge is 2.12. The van der Waals surface area contributed by atoms with E-state index in [-0.39, 0.29) is 17.6 Å². The Kier molecular flexibility index (Phi) is 7.79. The molecule has 0 spiro atoms. The lowest BCUT2D eigenvalue weighted by molar-refractivity contribution is -0.114. The summed E-state index contributed by atoms with van der Waals surface area (Å²) in [6, 6.07) is 15.4.